The first-order valence-electron chi connectivity index (χ1n) is 7.05. The quantitative estimate of drug-likeness (QED) is 0.870. The van der Waals surface area contributed by atoms with E-state index in [4.69, 9.17) is 11.5 Å². The third-order valence-corrected chi connectivity index (χ3v) is 4.64. The van der Waals surface area contributed by atoms with Gasteiger partial charge in [-0.15, -0.1) is 0 Å². The zero-order valence-corrected chi connectivity index (χ0v) is 12.9. The molecule has 1 saturated heterocycles. The summed E-state index contributed by atoms with van der Waals surface area (Å²) in [5, 5.41) is 0.800. The molecule has 1 amide bonds. The average molecular weight is 297 g/mol. The van der Waals surface area contributed by atoms with E-state index < -0.39 is 0 Å². The van der Waals surface area contributed by atoms with Crippen molar-refractivity contribution >= 4 is 28.2 Å². The predicted molar refractivity (Wildman–Crippen MR) is 83.2 cm³/mol. The molecule has 2 rings (SSSR count). The SMILES string of the molecule is CCCN(C)c1nc(N)c(C(=O)N2CCCC(N)C2)s1. The fourth-order valence-corrected chi connectivity index (χ4v) is 3.35. The van der Waals surface area contributed by atoms with Crippen LogP contribution in [0.1, 0.15) is 35.9 Å². The fraction of sp³-hybridized carbons (Fsp3) is 0.692. The third kappa shape index (κ3) is 3.21. The van der Waals surface area contributed by atoms with Crippen LogP contribution >= 0.6 is 11.3 Å². The van der Waals surface area contributed by atoms with Gasteiger partial charge >= 0.3 is 0 Å². The minimum Gasteiger partial charge on any atom is -0.382 e. The van der Waals surface area contributed by atoms with Crippen LogP contribution in [-0.2, 0) is 0 Å². The number of thiazole rings is 1. The fourth-order valence-electron chi connectivity index (χ4n) is 2.41. The minimum atomic E-state index is -0.0358. The number of nitrogen functional groups attached to an aromatic ring is 1. The molecule has 7 heteroatoms. The zero-order chi connectivity index (χ0) is 14.7. The van der Waals surface area contributed by atoms with Crippen molar-refractivity contribution in [2.45, 2.75) is 32.2 Å². The highest BCUT2D eigenvalue weighted by Crippen LogP contribution is 2.29. The van der Waals surface area contributed by atoms with Gasteiger partial charge in [0.1, 0.15) is 10.7 Å². The lowest BCUT2D eigenvalue weighted by Gasteiger charge is -2.30. The number of carbonyl (C=O) groups is 1. The molecule has 1 fully saturated rings. The van der Waals surface area contributed by atoms with Crippen molar-refractivity contribution < 1.29 is 4.79 Å². The number of nitrogens with zero attached hydrogens (tertiary/aromatic N) is 3. The van der Waals surface area contributed by atoms with Crippen LogP contribution in [0.3, 0.4) is 0 Å². The molecule has 112 valence electrons. The number of amides is 1. The van der Waals surface area contributed by atoms with E-state index in [1.807, 2.05) is 11.9 Å². The van der Waals surface area contributed by atoms with E-state index in [0.717, 1.165) is 37.5 Å². The van der Waals surface area contributed by atoms with E-state index in [9.17, 15) is 4.79 Å². The highest BCUT2D eigenvalue weighted by atomic mass is 32.1. The third-order valence-electron chi connectivity index (χ3n) is 3.47. The van der Waals surface area contributed by atoms with Gasteiger partial charge in [-0.05, 0) is 19.3 Å². The number of anilines is 2. The molecule has 1 aliphatic rings. The highest BCUT2D eigenvalue weighted by Gasteiger charge is 2.26. The normalized spacial score (nSPS) is 19.1. The molecule has 0 bridgehead atoms. The molecule has 20 heavy (non-hydrogen) atoms. The van der Waals surface area contributed by atoms with E-state index in [1.165, 1.54) is 11.3 Å². The van der Waals surface area contributed by atoms with Crippen LogP contribution in [0, 0.1) is 0 Å². The first kappa shape index (κ1) is 15.1. The predicted octanol–water partition coefficient (Wildman–Crippen LogP) is 1.13. The Morgan fingerprint density at radius 3 is 3.00 bits per heavy atom. The first-order valence-corrected chi connectivity index (χ1v) is 7.86. The number of carbonyl (C=O) groups excluding carboxylic acids is 1. The Morgan fingerprint density at radius 1 is 1.60 bits per heavy atom. The summed E-state index contributed by atoms with van der Waals surface area (Å²) in [6.45, 7) is 4.37. The summed E-state index contributed by atoms with van der Waals surface area (Å²) in [4.78, 5) is 21.2. The van der Waals surface area contributed by atoms with Gasteiger partial charge < -0.3 is 21.3 Å². The maximum absolute atomic E-state index is 12.5. The molecular formula is C13H23N5OS. The second-order valence-electron chi connectivity index (χ2n) is 5.29. The van der Waals surface area contributed by atoms with Crippen molar-refractivity contribution in [3.8, 4) is 0 Å². The summed E-state index contributed by atoms with van der Waals surface area (Å²) in [5.74, 6) is 0.295. The molecule has 4 N–H and O–H groups in total. The van der Waals surface area contributed by atoms with Crippen LogP contribution in [0.5, 0.6) is 0 Å². The second kappa shape index (κ2) is 6.41. The molecule has 1 atom stereocenters. The second-order valence-corrected chi connectivity index (χ2v) is 6.26. The van der Waals surface area contributed by atoms with Gasteiger partial charge in [0.15, 0.2) is 5.13 Å². The van der Waals surface area contributed by atoms with Gasteiger partial charge in [0, 0.05) is 32.7 Å². The maximum atomic E-state index is 12.5. The van der Waals surface area contributed by atoms with Crippen molar-refractivity contribution in [3.63, 3.8) is 0 Å². The standard InChI is InChI=1S/C13H23N5OS/c1-3-6-17(2)13-16-11(15)10(20-13)12(19)18-7-4-5-9(14)8-18/h9H,3-8,14-15H2,1-2H3. The molecule has 1 aromatic heterocycles. The molecule has 0 aromatic carbocycles. The molecule has 1 unspecified atom stereocenters. The number of piperidine rings is 1. The van der Waals surface area contributed by atoms with Crippen molar-refractivity contribution in [1.82, 2.24) is 9.88 Å². The van der Waals surface area contributed by atoms with Crippen molar-refractivity contribution in [2.24, 2.45) is 5.73 Å². The number of hydrogen-bond acceptors (Lipinski definition) is 6. The molecule has 0 saturated carbocycles. The van der Waals surface area contributed by atoms with Gasteiger partial charge in [-0.1, -0.05) is 18.3 Å². The van der Waals surface area contributed by atoms with Gasteiger partial charge in [0.05, 0.1) is 0 Å². The van der Waals surface area contributed by atoms with Crippen molar-refractivity contribution in [2.75, 3.05) is 37.3 Å². The van der Waals surface area contributed by atoms with E-state index in [1.54, 1.807) is 4.90 Å². The molecule has 0 radical (unpaired) electrons. The molecule has 6 nitrogen and oxygen atoms in total. The van der Waals surface area contributed by atoms with Gasteiger partial charge in [0.2, 0.25) is 0 Å². The Balaban J connectivity index is 2.13. The number of hydrogen-bond donors (Lipinski definition) is 2. The Labute approximate surface area is 123 Å². The first-order chi connectivity index (χ1) is 9.52. The van der Waals surface area contributed by atoms with Crippen LogP contribution < -0.4 is 16.4 Å². The van der Waals surface area contributed by atoms with Gasteiger partial charge in [0.25, 0.3) is 5.91 Å². The maximum Gasteiger partial charge on any atom is 0.267 e. The lowest BCUT2D eigenvalue weighted by Crippen LogP contribution is -2.45. The van der Waals surface area contributed by atoms with E-state index in [0.29, 0.717) is 17.2 Å². The van der Waals surface area contributed by atoms with Gasteiger partial charge in [-0.3, -0.25) is 4.79 Å². The Bertz CT molecular complexity index is 475. The number of nitrogens with two attached hydrogens (primary N) is 2. The summed E-state index contributed by atoms with van der Waals surface area (Å²) < 4.78 is 0. The number of aromatic nitrogens is 1. The van der Waals surface area contributed by atoms with Crippen molar-refractivity contribution in [1.29, 1.82) is 0 Å². The van der Waals surface area contributed by atoms with E-state index >= 15 is 0 Å². The molecule has 0 aliphatic carbocycles. The lowest BCUT2D eigenvalue weighted by atomic mass is 10.1. The lowest BCUT2D eigenvalue weighted by molar-refractivity contribution is 0.0714. The Morgan fingerprint density at radius 2 is 2.35 bits per heavy atom. The zero-order valence-electron chi connectivity index (χ0n) is 12.1. The summed E-state index contributed by atoms with van der Waals surface area (Å²) >= 11 is 1.37. The van der Waals surface area contributed by atoms with Crippen LogP contribution in [0.25, 0.3) is 0 Å². The molecule has 2 heterocycles. The monoisotopic (exact) mass is 297 g/mol. The average Bonchev–Trinajstić information content (AvgIpc) is 2.80. The van der Waals surface area contributed by atoms with Crippen LogP contribution in [0.15, 0.2) is 0 Å². The topological polar surface area (TPSA) is 88.5 Å². The van der Waals surface area contributed by atoms with Gasteiger partial charge in [-0.2, -0.15) is 0 Å². The number of rotatable bonds is 4. The largest absolute Gasteiger partial charge is 0.382 e. The minimum absolute atomic E-state index is 0.0358. The smallest absolute Gasteiger partial charge is 0.267 e. The van der Waals surface area contributed by atoms with E-state index in [2.05, 4.69) is 11.9 Å². The summed E-state index contributed by atoms with van der Waals surface area (Å²) in [6, 6.07) is 0.0732. The molecule has 0 spiro atoms. The Kier molecular flexibility index (Phi) is 4.82. The number of likely N-dealkylation sites (tertiary alicyclic amines) is 1. The Hall–Kier alpha value is -1.34. The summed E-state index contributed by atoms with van der Waals surface area (Å²) in [6.07, 6.45) is 2.96. The van der Waals surface area contributed by atoms with Crippen molar-refractivity contribution in [3.05, 3.63) is 4.88 Å². The molecule has 1 aliphatic heterocycles. The molecular weight excluding hydrogens is 274 g/mol. The summed E-state index contributed by atoms with van der Waals surface area (Å²) in [5.41, 5.74) is 11.8. The molecule has 1 aromatic rings. The summed E-state index contributed by atoms with van der Waals surface area (Å²) in [7, 11) is 1.97. The highest BCUT2D eigenvalue weighted by molar-refractivity contribution is 7.18. The van der Waals surface area contributed by atoms with E-state index in [-0.39, 0.29) is 11.9 Å². The van der Waals surface area contributed by atoms with Crippen LogP contribution in [0.4, 0.5) is 10.9 Å². The van der Waals surface area contributed by atoms with Gasteiger partial charge in [-0.25, -0.2) is 4.98 Å². The van der Waals surface area contributed by atoms with Crippen LogP contribution in [-0.4, -0.2) is 48.5 Å². The van der Waals surface area contributed by atoms with Crippen LogP contribution in [0.2, 0.25) is 0 Å².